The van der Waals surface area contributed by atoms with Gasteiger partial charge in [0.1, 0.15) is 5.75 Å². The molecule has 120 valence electrons. The van der Waals surface area contributed by atoms with Gasteiger partial charge in [0, 0.05) is 30.5 Å². The fourth-order valence-electron chi connectivity index (χ4n) is 2.41. The number of ether oxygens (including phenoxy) is 1. The molecule has 0 aliphatic heterocycles. The van der Waals surface area contributed by atoms with Crippen molar-refractivity contribution in [2.24, 2.45) is 0 Å². The van der Waals surface area contributed by atoms with Crippen LogP contribution in [0.15, 0.2) is 48.8 Å². The van der Waals surface area contributed by atoms with E-state index < -0.39 is 6.61 Å². The first kappa shape index (κ1) is 15.4. The van der Waals surface area contributed by atoms with E-state index in [1.807, 2.05) is 12.1 Å². The maximum absolute atomic E-state index is 12.7. The first-order valence-electron chi connectivity index (χ1n) is 7.38. The summed E-state index contributed by atoms with van der Waals surface area (Å²) >= 11 is 0. The van der Waals surface area contributed by atoms with E-state index in [9.17, 15) is 13.6 Å². The monoisotopic (exact) mass is 318 g/mol. The Morgan fingerprint density at radius 1 is 1.26 bits per heavy atom. The average Bonchev–Trinajstić information content (AvgIpc) is 3.37. The van der Waals surface area contributed by atoms with Gasteiger partial charge in [-0.15, -0.1) is 0 Å². The molecule has 1 aliphatic carbocycles. The predicted molar refractivity (Wildman–Crippen MR) is 80.2 cm³/mol. The molecule has 1 saturated carbocycles. The third kappa shape index (κ3) is 4.03. The van der Waals surface area contributed by atoms with Crippen molar-refractivity contribution in [1.82, 2.24) is 9.88 Å². The van der Waals surface area contributed by atoms with Crippen LogP contribution in [0.4, 0.5) is 8.78 Å². The molecule has 0 radical (unpaired) electrons. The van der Waals surface area contributed by atoms with Gasteiger partial charge in [-0.2, -0.15) is 8.78 Å². The fraction of sp³-hybridized carbons (Fsp3) is 0.294. The number of pyridine rings is 1. The standard InChI is InChI=1S/C17H16F2N2O2/c18-17(19)23-15-3-1-2-13(10-15)16(22)21(14-4-5-14)11-12-6-8-20-9-7-12/h1-3,6-10,14,17H,4-5,11H2. The first-order valence-corrected chi connectivity index (χ1v) is 7.38. The third-order valence-corrected chi connectivity index (χ3v) is 3.66. The van der Waals surface area contributed by atoms with Gasteiger partial charge in [0.25, 0.3) is 5.91 Å². The van der Waals surface area contributed by atoms with Gasteiger partial charge in [-0.05, 0) is 48.7 Å². The summed E-state index contributed by atoms with van der Waals surface area (Å²) in [6.45, 7) is -2.43. The zero-order valence-electron chi connectivity index (χ0n) is 12.4. The molecule has 0 saturated heterocycles. The van der Waals surface area contributed by atoms with Crippen LogP contribution < -0.4 is 4.74 Å². The molecular formula is C17H16F2N2O2. The number of halogens is 2. The number of amides is 1. The van der Waals surface area contributed by atoms with E-state index in [2.05, 4.69) is 9.72 Å². The quantitative estimate of drug-likeness (QED) is 0.819. The van der Waals surface area contributed by atoms with E-state index in [-0.39, 0.29) is 17.7 Å². The molecule has 6 heteroatoms. The van der Waals surface area contributed by atoms with Crippen molar-refractivity contribution in [1.29, 1.82) is 0 Å². The molecule has 1 amide bonds. The summed E-state index contributed by atoms with van der Waals surface area (Å²) in [7, 11) is 0. The molecule has 0 unspecified atom stereocenters. The second-order valence-corrected chi connectivity index (χ2v) is 5.43. The number of alkyl halides is 2. The number of benzene rings is 1. The number of carbonyl (C=O) groups is 1. The Hall–Kier alpha value is -2.50. The van der Waals surface area contributed by atoms with Crippen molar-refractivity contribution in [2.45, 2.75) is 32.0 Å². The molecule has 1 aliphatic rings. The maximum atomic E-state index is 12.7. The number of carbonyl (C=O) groups excluding carboxylic acids is 1. The van der Waals surface area contributed by atoms with Gasteiger partial charge in [0.15, 0.2) is 0 Å². The molecule has 0 atom stereocenters. The highest BCUT2D eigenvalue weighted by Gasteiger charge is 2.33. The minimum Gasteiger partial charge on any atom is -0.435 e. The first-order chi connectivity index (χ1) is 11.1. The van der Waals surface area contributed by atoms with Crippen LogP contribution in [0.25, 0.3) is 0 Å². The van der Waals surface area contributed by atoms with Gasteiger partial charge >= 0.3 is 6.61 Å². The van der Waals surface area contributed by atoms with Gasteiger partial charge in [0.05, 0.1) is 0 Å². The lowest BCUT2D eigenvalue weighted by Gasteiger charge is -2.23. The van der Waals surface area contributed by atoms with Gasteiger partial charge in [-0.25, -0.2) is 0 Å². The molecule has 1 aromatic carbocycles. The number of rotatable bonds is 6. The van der Waals surface area contributed by atoms with E-state index in [0.29, 0.717) is 12.1 Å². The van der Waals surface area contributed by atoms with Crippen molar-refractivity contribution in [3.05, 3.63) is 59.9 Å². The minimum atomic E-state index is -2.91. The highest BCUT2D eigenvalue weighted by atomic mass is 19.3. The topological polar surface area (TPSA) is 42.4 Å². The maximum Gasteiger partial charge on any atom is 0.387 e. The lowest BCUT2D eigenvalue weighted by Crippen LogP contribution is -2.32. The SMILES string of the molecule is O=C(c1cccc(OC(F)F)c1)N(Cc1ccncc1)C1CC1. The van der Waals surface area contributed by atoms with Gasteiger partial charge in [0.2, 0.25) is 0 Å². The molecule has 3 rings (SSSR count). The predicted octanol–water partition coefficient (Wildman–Crippen LogP) is 3.49. The Morgan fingerprint density at radius 3 is 2.65 bits per heavy atom. The summed E-state index contributed by atoms with van der Waals surface area (Å²) in [5.74, 6) is -0.186. The lowest BCUT2D eigenvalue weighted by molar-refractivity contribution is -0.0499. The van der Waals surface area contributed by atoms with Gasteiger partial charge < -0.3 is 9.64 Å². The van der Waals surface area contributed by atoms with E-state index in [1.54, 1.807) is 29.4 Å². The van der Waals surface area contributed by atoms with Crippen molar-refractivity contribution in [2.75, 3.05) is 0 Å². The zero-order chi connectivity index (χ0) is 16.2. The Bertz CT molecular complexity index is 675. The summed E-state index contributed by atoms with van der Waals surface area (Å²) in [6.07, 6.45) is 5.29. The zero-order valence-corrected chi connectivity index (χ0v) is 12.4. The molecule has 1 fully saturated rings. The Morgan fingerprint density at radius 2 is 2.00 bits per heavy atom. The van der Waals surface area contributed by atoms with Gasteiger partial charge in [-0.1, -0.05) is 6.07 Å². The highest BCUT2D eigenvalue weighted by molar-refractivity contribution is 5.95. The van der Waals surface area contributed by atoms with Crippen molar-refractivity contribution >= 4 is 5.91 Å². The van der Waals surface area contributed by atoms with Crippen LogP contribution in [-0.4, -0.2) is 28.4 Å². The van der Waals surface area contributed by atoms with Crippen LogP contribution >= 0.6 is 0 Å². The molecule has 0 spiro atoms. The summed E-state index contributed by atoms with van der Waals surface area (Å²) < 4.78 is 29.0. The minimum absolute atomic E-state index is 0.00879. The van der Waals surface area contributed by atoms with E-state index in [1.165, 1.54) is 12.1 Å². The molecule has 4 nitrogen and oxygen atoms in total. The number of nitrogens with zero attached hydrogens (tertiary/aromatic N) is 2. The van der Waals surface area contributed by atoms with E-state index in [4.69, 9.17) is 0 Å². The van der Waals surface area contributed by atoms with Crippen molar-refractivity contribution in [3.8, 4) is 5.75 Å². The van der Waals surface area contributed by atoms with Crippen LogP contribution in [0.3, 0.4) is 0 Å². The smallest absolute Gasteiger partial charge is 0.387 e. The molecule has 0 N–H and O–H groups in total. The largest absolute Gasteiger partial charge is 0.435 e. The van der Waals surface area contributed by atoms with Gasteiger partial charge in [-0.3, -0.25) is 9.78 Å². The Balaban J connectivity index is 1.78. The van der Waals surface area contributed by atoms with Crippen molar-refractivity contribution in [3.63, 3.8) is 0 Å². The fourth-order valence-corrected chi connectivity index (χ4v) is 2.41. The van der Waals surface area contributed by atoms with Crippen molar-refractivity contribution < 1.29 is 18.3 Å². The highest BCUT2D eigenvalue weighted by Crippen LogP contribution is 2.30. The third-order valence-electron chi connectivity index (χ3n) is 3.66. The Kier molecular flexibility index (Phi) is 4.50. The molecule has 1 heterocycles. The lowest BCUT2D eigenvalue weighted by atomic mass is 10.1. The van der Waals surface area contributed by atoms with E-state index >= 15 is 0 Å². The number of hydrogen-bond acceptors (Lipinski definition) is 3. The number of aromatic nitrogens is 1. The summed E-state index contributed by atoms with van der Waals surface area (Å²) in [4.78, 5) is 18.5. The van der Waals surface area contributed by atoms with E-state index in [0.717, 1.165) is 18.4 Å². The molecule has 1 aromatic heterocycles. The Labute approximate surface area is 132 Å². The van der Waals surface area contributed by atoms with Crippen LogP contribution in [-0.2, 0) is 6.54 Å². The summed E-state index contributed by atoms with van der Waals surface area (Å²) in [5.41, 5.74) is 1.34. The molecule has 2 aromatic rings. The van der Waals surface area contributed by atoms with Crippen LogP contribution in [0.2, 0.25) is 0 Å². The second kappa shape index (κ2) is 6.73. The normalized spacial score (nSPS) is 13.9. The second-order valence-electron chi connectivity index (χ2n) is 5.43. The van der Waals surface area contributed by atoms with Crippen LogP contribution in [0.5, 0.6) is 5.75 Å². The summed E-state index contributed by atoms with van der Waals surface area (Å²) in [6, 6.07) is 9.85. The molecule has 23 heavy (non-hydrogen) atoms. The number of hydrogen-bond donors (Lipinski definition) is 0. The molecule has 0 bridgehead atoms. The molecular weight excluding hydrogens is 302 g/mol. The van der Waals surface area contributed by atoms with Crippen LogP contribution in [0.1, 0.15) is 28.8 Å². The average molecular weight is 318 g/mol. The summed E-state index contributed by atoms with van der Waals surface area (Å²) in [5, 5.41) is 0. The van der Waals surface area contributed by atoms with Crippen LogP contribution in [0, 0.1) is 0 Å².